The summed E-state index contributed by atoms with van der Waals surface area (Å²) in [6, 6.07) is 6.53. The highest BCUT2D eigenvalue weighted by Crippen LogP contribution is 2.28. The summed E-state index contributed by atoms with van der Waals surface area (Å²) in [6.45, 7) is 1.91. The number of benzene rings is 1. The molecule has 1 aromatic heterocycles. The molecule has 0 fully saturated rings. The van der Waals surface area contributed by atoms with E-state index in [1.807, 2.05) is 25.1 Å². The minimum Gasteiger partial charge on any atom is -0.320 e. The van der Waals surface area contributed by atoms with Crippen LogP contribution in [0, 0.1) is 12.7 Å². The number of hydrogen-bond donors (Lipinski definition) is 1. The molecular weight excluding hydrogens is 239 g/mol. The first-order chi connectivity index (χ1) is 8.09. The Bertz CT molecular complexity index is 543. The van der Waals surface area contributed by atoms with Gasteiger partial charge >= 0.3 is 0 Å². The number of halogens is 2. The van der Waals surface area contributed by atoms with E-state index < -0.39 is 11.9 Å². The molecule has 88 valence electrons. The fraction of sp³-hybridized carbons (Fsp3) is 0.154. The van der Waals surface area contributed by atoms with Crippen LogP contribution in [0.3, 0.4) is 0 Å². The summed E-state index contributed by atoms with van der Waals surface area (Å²) >= 11 is 6.18. The average Bonchev–Trinajstić information content (AvgIpc) is 2.32. The molecule has 4 heteroatoms. The Morgan fingerprint density at radius 2 is 2.12 bits per heavy atom. The van der Waals surface area contributed by atoms with Gasteiger partial charge in [0.25, 0.3) is 0 Å². The first kappa shape index (κ1) is 12.0. The van der Waals surface area contributed by atoms with E-state index in [9.17, 15) is 4.39 Å². The Morgan fingerprint density at radius 1 is 1.35 bits per heavy atom. The van der Waals surface area contributed by atoms with E-state index >= 15 is 0 Å². The lowest BCUT2D eigenvalue weighted by Crippen LogP contribution is -2.13. The van der Waals surface area contributed by atoms with Gasteiger partial charge in [0.15, 0.2) is 0 Å². The molecule has 2 nitrogen and oxygen atoms in total. The second-order valence-electron chi connectivity index (χ2n) is 3.89. The number of hydrogen-bond acceptors (Lipinski definition) is 2. The molecule has 2 aromatic rings. The third-order valence-corrected chi connectivity index (χ3v) is 3.16. The zero-order valence-electron chi connectivity index (χ0n) is 9.32. The summed E-state index contributed by atoms with van der Waals surface area (Å²) in [5.74, 6) is -0.401. The van der Waals surface area contributed by atoms with Crippen LogP contribution >= 0.6 is 11.6 Å². The Morgan fingerprint density at radius 3 is 2.82 bits per heavy atom. The van der Waals surface area contributed by atoms with Gasteiger partial charge in [-0.3, -0.25) is 4.98 Å². The predicted molar refractivity (Wildman–Crippen MR) is 66.4 cm³/mol. The molecule has 1 heterocycles. The Labute approximate surface area is 104 Å². The number of aryl methyl sites for hydroxylation is 1. The smallest absolute Gasteiger partial charge is 0.141 e. The lowest BCUT2D eigenvalue weighted by molar-refractivity contribution is 0.616. The molecule has 0 spiro atoms. The van der Waals surface area contributed by atoms with Gasteiger partial charge in [0.05, 0.1) is 12.2 Å². The van der Waals surface area contributed by atoms with Gasteiger partial charge in [-0.2, -0.15) is 0 Å². The summed E-state index contributed by atoms with van der Waals surface area (Å²) in [7, 11) is 0. The van der Waals surface area contributed by atoms with Crippen LogP contribution in [0.4, 0.5) is 4.39 Å². The van der Waals surface area contributed by atoms with E-state index in [0.717, 1.165) is 17.3 Å². The standard InChI is InChI=1S/C13H12ClFN2/c1-8-3-2-4-11(12(8)14)13(16)9-5-10(15)7-17-6-9/h2-7,13H,16H2,1H3. The van der Waals surface area contributed by atoms with Crippen molar-refractivity contribution >= 4 is 11.6 Å². The lowest BCUT2D eigenvalue weighted by atomic mass is 9.99. The monoisotopic (exact) mass is 250 g/mol. The minimum absolute atomic E-state index is 0.401. The van der Waals surface area contributed by atoms with Crippen LogP contribution < -0.4 is 5.73 Å². The number of nitrogens with zero attached hydrogens (tertiary/aromatic N) is 1. The summed E-state index contributed by atoms with van der Waals surface area (Å²) < 4.78 is 13.1. The number of aromatic nitrogens is 1. The largest absolute Gasteiger partial charge is 0.320 e. The Kier molecular flexibility index (Phi) is 3.41. The van der Waals surface area contributed by atoms with E-state index in [-0.39, 0.29) is 0 Å². The minimum atomic E-state index is -0.467. The van der Waals surface area contributed by atoms with E-state index in [1.54, 1.807) is 6.20 Å². The summed E-state index contributed by atoms with van der Waals surface area (Å²) in [6.07, 6.45) is 2.69. The maximum atomic E-state index is 13.1. The molecule has 0 amide bonds. The third-order valence-electron chi connectivity index (χ3n) is 2.64. The highest BCUT2D eigenvalue weighted by Gasteiger charge is 2.14. The van der Waals surface area contributed by atoms with Crippen LogP contribution in [-0.4, -0.2) is 4.98 Å². The van der Waals surface area contributed by atoms with Crippen molar-refractivity contribution in [1.82, 2.24) is 4.98 Å². The van der Waals surface area contributed by atoms with Crippen molar-refractivity contribution in [2.24, 2.45) is 5.73 Å². The van der Waals surface area contributed by atoms with Crippen LogP contribution in [0.5, 0.6) is 0 Å². The van der Waals surface area contributed by atoms with Gasteiger partial charge in [-0.1, -0.05) is 29.8 Å². The van der Waals surface area contributed by atoms with Gasteiger partial charge in [0, 0.05) is 11.2 Å². The first-order valence-electron chi connectivity index (χ1n) is 5.20. The van der Waals surface area contributed by atoms with Crippen molar-refractivity contribution in [1.29, 1.82) is 0 Å². The van der Waals surface area contributed by atoms with E-state index in [4.69, 9.17) is 17.3 Å². The molecule has 0 radical (unpaired) electrons. The normalized spacial score (nSPS) is 12.5. The third kappa shape index (κ3) is 2.46. The van der Waals surface area contributed by atoms with E-state index in [0.29, 0.717) is 10.6 Å². The van der Waals surface area contributed by atoms with Crippen LogP contribution in [0.25, 0.3) is 0 Å². The first-order valence-corrected chi connectivity index (χ1v) is 5.58. The maximum Gasteiger partial charge on any atom is 0.141 e. The molecule has 0 saturated carbocycles. The predicted octanol–water partition coefficient (Wildman–Crippen LogP) is 3.23. The molecule has 0 aliphatic rings. The molecule has 2 N–H and O–H groups in total. The lowest BCUT2D eigenvalue weighted by Gasteiger charge is -2.15. The second-order valence-corrected chi connectivity index (χ2v) is 4.27. The number of nitrogens with two attached hydrogens (primary N) is 1. The molecule has 0 aliphatic heterocycles. The van der Waals surface area contributed by atoms with Crippen LogP contribution in [-0.2, 0) is 0 Å². The number of rotatable bonds is 2. The molecule has 0 aliphatic carbocycles. The molecule has 17 heavy (non-hydrogen) atoms. The zero-order valence-corrected chi connectivity index (χ0v) is 10.1. The molecule has 0 saturated heterocycles. The summed E-state index contributed by atoms with van der Waals surface area (Å²) in [4.78, 5) is 3.78. The molecule has 1 atom stereocenters. The Balaban J connectivity index is 2.44. The summed E-state index contributed by atoms with van der Waals surface area (Å²) in [5.41, 5.74) is 8.40. The quantitative estimate of drug-likeness (QED) is 0.889. The van der Waals surface area contributed by atoms with Crippen molar-refractivity contribution in [3.63, 3.8) is 0 Å². The molecule has 2 rings (SSSR count). The molecule has 1 unspecified atom stereocenters. The average molecular weight is 251 g/mol. The van der Waals surface area contributed by atoms with E-state index in [2.05, 4.69) is 4.98 Å². The van der Waals surface area contributed by atoms with Crippen LogP contribution in [0.1, 0.15) is 22.7 Å². The van der Waals surface area contributed by atoms with Gasteiger partial charge in [0.2, 0.25) is 0 Å². The van der Waals surface area contributed by atoms with Crippen molar-refractivity contribution in [2.75, 3.05) is 0 Å². The molecular formula is C13H12ClFN2. The Hall–Kier alpha value is -1.45. The fourth-order valence-electron chi connectivity index (χ4n) is 1.69. The van der Waals surface area contributed by atoms with Crippen molar-refractivity contribution < 1.29 is 4.39 Å². The van der Waals surface area contributed by atoms with Gasteiger partial charge in [0.1, 0.15) is 5.82 Å². The fourth-order valence-corrected chi connectivity index (χ4v) is 1.93. The molecule has 1 aromatic carbocycles. The highest BCUT2D eigenvalue weighted by molar-refractivity contribution is 6.32. The van der Waals surface area contributed by atoms with Gasteiger partial charge < -0.3 is 5.73 Å². The van der Waals surface area contributed by atoms with Crippen LogP contribution in [0.2, 0.25) is 5.02 Å². The van der Waals surface area contributed by atoms with Gasteiger partial charge in [-0.25, -0.2) is 4.39 Å². The van der Waals surface area contributed by atoms with Crippen LogP contribution in [0.15, 0.2) is 36.7 Å². The van der Waals surface area contributed by atoms with Gasteiger partial charge in [-0.05, 0) is 29.7 Å². The van der Waals surface area contributed by atoms with E-state index in [1.165, 1.54) is 6.07 Å². The summed E-state index contributed by atoms with van der Waals surface area (Å²) in [5, 5.41) is 0.615. The number of pyridine rings is 1. The maximum absolute atomic E-state index is 13.1. The van der Waals surface area contributed by atoms with Crippen molar-refractivity contribution in [2.45, 2.75) is 13.0 Å². The van der Waals surface area contributed by atoms with Crippen molar-refractivity contribution in [3.8, 4) is 0 Å². The second kappa shape index (κ2) is 4.82. The SMILES string of the molecule is Cc1cccc(C(N)c2cncc(F)c2)c1Cl. The topological polar surface area (TPSA) is 38.9 Å². The van der Waals surface area contributed by atoms with Crippen molar-refractivity contribution in [3.05, 3.63) is 64.2 Å². The van der Waals surface area contributed by atoms with Gasteiger partial charge in [-0.15, -0.1) is 0 Å². The highest BCUT2D eigenvalue weighted by atomic mass is 35.5. The zero-order chi connectivity index (χ0) is 12.4. The molecule has 0 bridgehead atoms.